The van der Waals surface area contributed by atoms with Crippen LogP contribution in [0.3, 0.4) is 0 Å². The van der Waals surface area contributed by atoms with Gasteiger partial charge < -0.3 is 5.11 Å². The van der Waals surface area contributed by atoms with Gasteiger partial charge in [-0.3, -0.25) is 0 Å². The molecule has 1 atom stereocenters. The fourth-order valence-electron chi connectivity index (χ4n) is 2.05. The third-order valence-electron chi connectivity index (χ3n) is 2.69. The quantitative estimate of drug-likeness (QED) is 0.902. The van der Waals surface area contributed by atoms with Crippen molar-refractivity contribution in [3.05, 3.63) is 51.0 Å². The van der Waals surface area contributed by atoms with Crippen molar-refractivity contribution in [3.8, 4) is 0 Å². The van der Waals surface area contributed by atoms with Crippen molar-refractivity contribution in [2.45, 2.75) is 33.3 Å². The number of hydrogen-bond donors (Lipinski definition) is 1. The Kier molecular flexibility index (Phi) is 3.60. The zero-order valence-electron chi connectivity index (χ0n) is 10.4. The first-order valence-electron chi connectivity index (χ1n) is 5.72. The molecular formula is C14H17NOS. The number of nitrogens with zero attached hydrogens (tertiary/aromatic N) is 1. The van der Waals surface area contributed by atoms with E-state index in [9.17, 15) is 5.11 Å². The van der Waals surface area contributed by atoms with Crippen molar-refractivity contribution in [2.75, 3.05) is 0 Å². The lowest BCUT2D eigenvalue weighted by Crippen LogP contribution is -2.02. The molecule has 0 aliphatic rings. The van der Waals surface area contributed by atoms with Crippen LogP contribution < -0.4 is 0 Å². The van der Waals surface area contributed by atoms with E-state index in [1.165, 1.54) is 16.7 Å². The van der Waals surface area contributed by atoms with Crippen LogP contribution in [-0.2, 0) is 6.42 Å². The van der Waals surface area contributed by atoms with Crippen LogP contribution in [0.25, 0.3) is 0 Å². The normalized spacial score (nSPS) is 12.7. The van der Waals surface area contributed by atoms with Crippen molar-refractivity contribution in [1.29, 1.82) is 0 Å². The first-order chi connectivity index (χ1) is 8.04. The lowest BCUT2D eigenvalue weighted by molar-refractivity contribution is 0.174. The van der Waals surface area contributed by atoms with E-state index in [2.05, 4.69) is 37.0 Å². The van der Waals surface area contributed by atoms with E-state index >= 15 is 0 Å². The predicted octanol–water partition coefficient (Wildman–Crippen LogP) is 3.34. The molecule has 0 saturated carbocycles. The molecule has 0 bridgehead atoms. The van der Waals surface area contributed by atoms with Gasteiger partial charge >= 0.3 is 0 Å². The van der Waals surface area contributed by atoms with Crippen molar-refractivity contribution in [3.63, 3.8) is 0 Å². The molecule has 0 amide bonds. The van der Waals surface area contributed by atoms with Gasteiger partial charge in [-0.2, -0.15) is 0 Å². The van der Waals surface area contributed by atoms with Crippen LogP contribution in [0.4, 0.5) is 0 Å². The third-order valence-corrected chi connectivity index (χ3v) is 3.48. The summed E-state index contributed by atoms with van der Waals surface area (Å²) >= 11 is 1.58. The van der Waals surface area contributed by atoms with E-state index in [0.29, 0.717) is 6.42 Å². The molecule has 1 aromatic carbocycles. The Hall–Kier alpha value is -1.19. The maximum atomic E-state index is 10.1. The van der Waals surface area contributed by atoms with Gasteiger partial charge in [-0.1, -0.05) is 29.3 Å². The van der Waals surface area contributed by atoms with Gasteiger partial charge in [-0.05, 0) is 26.3 Å². The number of benzene rings is 1. The second kappa shape index (κ2) is 4.98. The minimum absolute atomic E-state index is 0.499. The molecule has 0 spiro atoms. The molecule has 90 valence electrons. The summed E-state index contributed by atoms with van der Waals surface area (Å²) in [5, 5.41) is 13.0. The molecule has 0 saturated heterocycles. The molecule has 3 heteroatoms. The van der Waals surface area contributed by atoms with Gasteiger partial charge in [0.15, 0.2) is 0 Å². The minimum Gasteiger partial charge on any atom is -0.386 e. The van der Waals surface area contributed by atoms with Crippen LogP contribution in [-0.4, -0.2) is 10.1 Å². The lowest BCUT2D eigenvalue weighted by atomic mass is 10.0. The Morgan fingerprint density at radius 1 is 1.18 bits per heavy atom. The highest BCUT2D eigenvalue weighted by molar-refractivity contribution is 7.09. The number of aliphatic hydroxyl groups excluding tert-OH is 1. The van der Waals surface area contributed by atoms with Crippen LogP contribution in [0.2, 0.25) is 0 Å². The number of rotatable bonds is 3. The zero-order valence-corrected chi connectivity index (χ0v) is 11.2. The van der Waals surface area contributed by atoms with E-state index in [1.54, 1.807) is 11.3 Å². The van der Waals surface area contributed by atoms with Gasteiger partial charge in [0.25, 0.3) is 0 Å². The molecule has 0 fully saturated rings. The number of thiazole rings is 1. The first-order valence-corrected chi connectivity index (χ1v) is 6.60. The average molecular weight is 247 g/mol. The van der Waals surface area contributed by atoms with Gasteiger partial charge in [0.1, 0.15) is 6.10 Å². The molecule has 2 rings (SSSR count). The Morgan fingerprint density at radius 2 is 1.82 bits per heavy atom. The highest BCUT2D eigenvalue weighted by atomic mass is 32.1. The number of aryl methyl sites for hydroxylation is 3. The Labute approximate surface area is 106 Å². The van der Waals surface area contributed by atoms with E-state index in [1.807, 2.05) is 12.3 Å². The second-order valence-electron chi connectivity index (χ2n) is 4.51. The number of hydrogen-bond acceptors (Lipinski definition) is 3. The topological polar surface area (TPSA) is 33.1 Å². The van der Waals surface area contributed by atoms with Gasteiger partial charge in [0.2, 0.25) is 0 Å². The van der Waals surface area contributed by atoms with E-state index < -0.39 is 6.10 Å². The molecule has 2 aromatic rings. The smallest absolute Gasteiger partial charge is 0.101 e. The average Bonchev–Trinajstić information content (AvgIpc) is 2.63. The molecule has 0 radical (unpaired) electrons. The van der Waals surface area contributed by atoms with Crippen LogP contribution in [0, 0.1) is 20.8 Å². The summed E-state index contributed by atoms with van der Waals surface area (Å²) in [6.07, 6.45) is 0.132. The Balaban J connectivity index is 2.15. The number of aromatic nitrogens is 1. The monoisotopic (exact) mass is 247 g/mol. The van der Waals surface area contributed by atoms with Crippen molar-refractivity contribution < 1.29 is 5.11 Å². The fraction of sp³-hybridized carbons (Fsp3) is 0.357. The molecule has 1 unspecified atom stereocenters. The van der Waals surface area contributed by atoms with Crippen molar-refractivity contribution in [2.24, 2.45) is 0 Å². The largest absolute Gasteiger partial charge is 0.386 e. The predicted molar refractivity (Wildman–Crippen MR) is 71.4 cm³/mol. The maximum Gasteiger partial charge on any atom is 0.101 e. The summed E-state index contributed by atoms with van der Waals surface area (Å²) in [6, 6.07) is 6.38. The van der Waals surface area contributed by atoms with Gasteiger partial charge in [0.05, 0.1) is 10.7 Å². The molecular weight excluding hydrogens is 230 g/mol. The van der Waals surface area contributed by atoms with Crippen LogP contribution in [0.5, 0.6) is 0 Å². The summed E-state index contributed by atoms with van der Waals surface area (Å²) in [4.78, 5) is 4.32. The molecule has 17 heavy (non-hydrogen) atoms. The van der Waals surface area contributed by atoms with Crippen LogP contribution >= 0.6 is 11.3 Å². The molecule has 1 aromatic heterocycles. The summed E-state index contributed by atoms with van der Waals surface area (Å²) < 4.78 is 0. The SMILES string of the molecule is Cc1cc(C)cc(CC(O)c2csc(C)n2)c1. The first kappa shape index (κ1) is 12.3. The van der Waals surface area contributed by atoms with E-state index in [-0.39, 0.29) is 0 Å². The van der Waals surface area contributed by atoms with E-state index in [4.69, 9.17) is 0 Å². The molecule has 1 heterocycles. The third kappa shape index (κ3) is 3.14. The molecule has 0 aliphatic heterocycles. The second-order valence-corrected chi connectivity index (χ2v) is 5.57. The summed E-state index contributed by atoms with van der Waals surface area (Å²) in [7, 11) is 0. The summed E-state index contributed by atoms with van der Waals surface area (Å²) in [5.74, 6) is 0. The van der Waals surface area contributed by atoms with Crippen LogP contribution in [0.15, 0.2) is 23.6 Å². The fourth-order valence-corrected chi connectivity index (χ4v) is 2.71. The molecule has 1 N–H and O–H groups in total. The minimum atomic E-state index is -0.499. The molecule has 2 nitrogen and oxygen atoms in total. The van der Waals surface area contributed by atoms with Gasteiger partial charge in [0, 0.05) is 11.8 Å². The van der Waals surface area contributed by atoms with Gasteiger partial charge in [-0.15, -0.1) is 11.3 Å². The highest BCUT2D eigenvalue weighted by Crippen LogP contribution is 2.21. The lowest BCUT2D eigenvalue weighted by Gasteiger charge is -2.09. The zero-order chi connectivity index (χ0) is 12.4. The molecule has 0 aliphatic carbocycles. The standard InChI is InChI=1S/C14H17NOS/c1-9-4-10(2)6-12(5-9)7-14(16)13-8-17-11(3)15-13/h4-6,8,14,16H,7H2,1-3H3. The Morgan fingerprint density at radius 3 is 2.35 bits per heavy atom. The summed E-state index contributed by atoms with van der Waals surface area (Å²) in [6.45, 7) is 6.11. The highest BCUT2D eigenvalue weighted by Gasteiger charge is 2.12. The van der Waals surface area contributed by atoms with E-state index in [0.717, 1.165) is 10.7 Å². The number of aliphatic hydroxyl groups is 1. The van der Waals surface area contributed by atoms with Crippen molar-refractivity contribution in [1.82, 2.24) is 4.98 Å². The Bertz CT molecular complexity index is 498. The van der Waals surface area contributed by atoms with Gasteiger partial charge in [-0.25, -0.2) is 4.98 Å². The van der Waals surface area contributed by atoms with Crippen molar-refractivity contribution >= 4 is 11.3 Å². The van der Waals surface area contributed by atoms with Crippen LogP contribution in [0.1, 0.15) is 33.5 Å². The summed E-state index contributed by atoms with van der Waals surface area (Å²) in [5.41, 5.74) is 4.43. The maximum absolute atomic E-state index is 10.1.